The Morgan fingerprint density at radius 2 is 0.854 bits per heavy atom. The second kappa shape index (κ2) is 13.2. The molecule has 3 heterocycles. The summed E-state index contributed by atoms with van der Waals surface area (Å²) in [6.07, 6.45) is 0. The maximum Gasteiger partial charge on any atom is 0.160 e. The van der Waals surface area contributed by atoms with Gasteiger partial charge in [0.15, 0.2) is 11.6 Å². The highest BCUT2D eigenvalue weighted by atomic mass is 35.5. The van der Waals surface area contributed by atoms with Crippen LogP contribution in [0.25, 0.3) is 11.6 Å². The van der Waals surface area contributed by atoms with Crippen LogP contribution in [0, 0.1) is 32.1 Å². The van der Waals surface area contributed by atoms with Crippen LogP contribution < -0.4 is 42.5 Å². The molecule has 0 atom stereocenters. The lowest BCUT2D eigenvalue weighted by Gasteiger charge is -2.10. The molecule has 0 aliphatic carbocycles. The minimum atomic E-state index is 0. The van der Waals surface area contributed by atoms with Gasteiger partial charge in [-0.05, 0) is 76.2 Å². The van der Waals surface area contributed by atoms with E-state index in [4.69, 9.17) is 35.2 Å². The lowest BCUT2D eigenvalue weighted by molar-refractivity contribution is 0.508. The summed E-state index contributed by atoms with van der Waals surface area (Å²) in [5, 5.41) is 29.7. The van der Waals surface area contributed by atoms with Crippen molar-refractivity contribution in [2.45, 2.75) is 39.8 Å². The summed E-state index contributed by atoms with van der Waals surface area (Å²) >= 11 is 0. The first-order valence-electron chi connectivity index (χ1n) is 15.6. The molecule has 0 saturated heterocycles. The molecular formula is C38H35ClN8O. The molecule has 2 aliphatic rings. The molecule has 0 bridgehead atoms. The van der Waals surface area contributed by atoms with Crippen molar-refractivity contribution in [1.82, 2.24) is 10.6 Å². The van der Waals surface area contributed by atoms with Crippen molar-refractivity contribution in [1.29, 1.82) is 10.8 Å². The zero-order valence-corrected chi connectivity index (χ0v) is 27.8. The largest absolute Gasteiger partial charge is 0.456 e. The SMILES string of the molecule is CC(C)NC(=N)c1ccc2c(c1)=NC(=c1ccc(=c3ccc(=c4ccc(=C5N=c6ccc(C(=N)NC(C)C)cc6=N5)cc4)o3)cc1)N=2.Cl. The third-order valence-electron chi connectivity index (χ3n) is 7.76. The van der Waals surface area contributed by atoms with Gasteiger partial charge >= 0.3 is 0 Å². The zero-order valence-electron chi connectivity index (χ0n) is 27.0. The Bertz CT molecular complexity index is 2470. The summed E-state index contributed by atoms with van der Waals surface area (Å²) in [7, 11) is 0. The molecule has 240 valence electrons. The summed E-state index contributed by atoms with van der Waals surface area (Å²) < 4.78 is 6.25. The van der Waals surface area contributed by atoms with Crippen LogP contribution in [0.3, 0.4) is 0 Å². The normalized spacial score (nSPS) is 12.7. The zero-order chi connectivity index (χ0) is 32.7. The molecule has 10 heteroatoms. The topological polar surface area (TPSA) is 134 Å². The summed E-state index contributed by atoms with van der Waals surface area (Å²) in [6.45, 7) is 8.05. The van der Waals surface area contributed by atoms with Gasteiger partial charge in [-0.2, -0.15) is 0 Å². The molecule has 0 radical (unpaired) electrons. The van der Waals surface area contributed by atoms with E-state index in [0.29, 0.717) is 23.3 Å². The van der Waals surface area contributed by atoms with Gasteiger partial charge in [0.1, 0.15) is 22.5 Å². The standard InChI is InChI=1S/C38H34N8O.ClH/c1-21(2)41-35(39)27-13-15-29-31(19-27)45-37(43-29)25-9-5-23(6-10-25)33-17-18-34(47-33)24-7-11-26(12-8-24)38-44-30-16-14-28(20-32(30)46-38)36(40)42-22(3)4;/h5-22H,1-4H3,(H2,39,41)(H2,40,42);1H. The molecule has 0 saturated carbocycles. The van der Waals surface area contributed by atoms with Crippen molar-refractivity contribution in [3.63, 3.8) is 0 Å². The quantitative estimate of drug-likeness (QED) is 0.175. The van der Waals surface area contributed by atoms with Crippen molar-refractivity contribution in [3.05, 3.63) is 161 Å². The number of rotatable bonds is 4. The number of hydrogen-bond donors (Lipinski definition) is 4. The second-order valence-corrected chi connectivity index (χ2v) is 12.2. The molecule has 48 heavy (non-hydrogen) atoms. The monoisotopic (exact) mass is 654 g/mol. The predicted octanol–water partition coefficient (Wildman–Crippen LogP) is 2.96. The molecule has 4 aromatic carbocycles. The van der Waals surface area contributed by atoms with E-state index < -0.39 is 0 Å². The Morgan fingerprint density at radius 1 is 0.500 bits per heavy atom. The van der Waals surface area contributed by atoms with Gasteiger partial charge in [-0.3, -0.25) is 10.8 Å². The van der Waals surface area contributed by atoms with Crippen molar-refractivity contribution >= 4 is 35.7 Å². The van der Waals surface area contributed by atoms with Crippen LogP contribution >= 0.6 is 12.4 Å². The maximum absolute atomic E-state index is 8.28. The number of furan rings is 1. The van der Waals surface area contributed by atoms with E-state index in [1.807, 2.05) is 125 Å². The summed E-state index contributed by atoms with van der Waals surface area (Å²) in [5.41, 5.74) is 3.11. The molecular weight excluding hydrogens is 620 g/mol. The van der Waals surface area contributed by atoms with E-state index in [-0.39, 0.29) is 24.5 Å². The fourth-order valence-corrected chi connectivity index (χ4v) is 5.45. The van der Waals surface area contributed by atoms with Crippen LogP contribution in [0.2, 0.25) is 0 Å². The third kappa shape index (κ3) is 6.59. The van der Waals surface area contributed by atoms with Crippen LogP contribution in [0.4, 0.5) is 0 Å². The van der Waals surface area contributed by atoms with Crippen molar-refractivity contribution in [2.75, 3.05) is 0 Å². The molecule has 4 N–H and O–H groups in total. The number of amidine groups is 2. The van der Waals surface area contributed by atoms with E-state index in [2.05, 4.69) is 10.6 Å². The molecule has 9 nitrogen and oxygen atoms in total. The Hall–Kier alpha value is -5.67. The minimum absolute atomic E-state index is 0. The molecule has 5 aromatic rings. The second-order valence-electron chi connectivity index (χ2n) is 12.2. The molecule has 7 rings (SSSR count). The average Bonchev–Trinajstić information content (AvgIpc) is 3.82. The van der Waals surface area contributed by atoms with Gasteiger partial charge in [0, 0.05) is 44.1 Å². The smallest absolute Gasteiger partial charge is 0.160 e. The summed E-state index contributed by atoms with van der Waals surface area (Å²) in [4.78, 5) is 18.9. The van der Waals surface area contributed by atoms with Gasteiger partial charge < -0.3 is 15.1 Å². The number of hydrogen-bond acceptors (Lipinski definition) is 7. The predicted molar refractivity (Wildman–Crippen MR) is 188 cm³/mol. The van der Waals surface area contributed by atoms with Crippen LogP contribution in [-0.2, 0) is 0 Å². The van der Waals surface area contributed by atoms with Gasteiger partial charge in [-0.25, -0.2) is 20.0 Å². The first kappa shape index (κ1) is 32.3. The van der Waals surface area contributed by atoms with Crippen LogP contribution in [0.1, 0.15) is 38.8 Å². The van der Waals surface area contributed by atoms with Crippen molar-refractivity contribution in [3.8, 4) is 0 Å². The molecule has 0 fully saturated rings. The summed E-state index contributed by atoms with van der Waals surface area (Å²) in [5.74, 6) is 2.05. The number of nitrogens with zero attached hydrogens (tertiary/aromatic N) is 4. The van der Waals surface area contributed by atoms with E-state index in [0.717, 1.165) is 64.3 Å². The highest BCUT2D eigenvalue weighted by Crippen LogP contribution is 2.06. The fraction of sp³-hybridized carbons (Fsp3) is 0.158. The van der Waals surface area contributed by atoms with Crippen LogP contribution in [0.15, 0.2) is 121 Å². The first-order chi connectivity index (χ1) is 22.7. The first-order valence-corrected chi connectivity index (χ1v) is 15.6. The van der Waals surface area contributed by atoms with E-state index in [1.54, 1.807) is 0 Å². The van der Waals surface area contributed by atoms with Gasteiger partial charge in [-0.15, -0.1) is 12.4 Å². The highest BCUT2D eigenvalue weighted by Gasteiger charge is 2.09. The molecule has 2 aliphatic heterocycles. The third-order valence-corrected chi connectivity index (χ3v) is 7.76. The Labute approximate surface area is 282 Å². The number of halogens is 1. The molecule has 0 spiro atoms. The Balaban J connectivity index is 0.00000401. The van der Waals surface area contributed by atoms with Crippen LogP contribution in [-0.4, -0.2) is 23.8 Å². The Kier molecular flexibility index (Phi) is 8.88. The highest BCUT2D eigenvalue weighted by molar-refractivity contribution is 5.96. The minimum Gasteiger partial charge on any atom is -0.456 e. The lowest BCUT2D eigenvalue weighted by Crippen LogP contribution is -2.32. The van der Waals surface area contributed by atoms with Crippen molar-refractivity contribution in [2.24, 2.45) is 20.0 Å². The Morgan fingerprint density at radius 3 is 1.23 bits per heavy atom. The molecule has 0 amide bonds. The maximum atomic E-state index is 8.28. The van der Waals surface area contributed by atoms with Gasteiger partial charge in [0.2, 0.25) is 0 Å². The number of nitrogens with one attached hydrogen (secondary N) is 4. The van der Waals surface area contributed by atoms with Gasteiger partial charge in [-0.1, -0.05) is 48.5 Å². The van der Waals surface area contributed by atoms with E-state index in [9.17, 15) is 0 Å². The van der Waals surface area contributed by atoms with Gasteiger partial charge in [0.25, 0.3) is 0 Å². The average molecular weight is 655 g/mol. The summed E-state index contributed by atoms with van der Waals surface area (Å²) in [6, 6.07) is 31.8. The number of benzene rings is 4. The fourth-order valence-electron chi connectivity index (χ4n) is 5.45. The van der Waals surface area contributed by atoms with Crippen molar-refractivity contribution < 1.29 is 4.42 Å². The van der Waals surface area contributed by atoms with Crippen LogP contribution in [0.5, 0.6) is 0 Å². The number of fused-ring (bicyclic) bond motifs is 2. The van der Waals surface area contributed by atoms with E-state index >= 15 is 0 Å². The lowest BCUT2D eigenvalue weighted by atomic mass is 10.2. The molecule has 1 aromatic heterocycles. The van der Waals surface area contributed by atoms with Gasteiger partial charge in [0.05, 0.1) is 21.4 Å². The molecule has 0 unspecified atom stereocenters. The van der Waals surface area contributed by atoms with E-state index in [1.165, 1.54) is 0 Å².